The van der Waals surface area contributed by atoms with E-state index in [-0.39, 0.29) is 15.4 Å². The molecule has 0 aromatic heterocycles. The van der Waals surface area contributed by atoms with Gasteiger partial charge in [-0.25, -0.2) is 21.6 Å². The molecule has 1 amide bonds. The van der Waals surface area contributed by atoms with Crippen LogP contribution >= 0.6 is 0 Å². The van der Waals surface area contributed by atoms with Crippen molar-refractivity contribution in [3.8, 4) is 0 Å². The van der Waals surface area contributed by atoms with Crippen LogP contribution in [-0.4, -0.2) is 59.3 Å². The molecule has 1 N–H and O–H groups in total. The highest BCUT2D eigenvalue weighted by Gasteiger charge is 2.31. The van der Waals surface area contributed by atoms with Gasteiger partial charge in [0.25, 0.3) is 15.9 Å². The van der Waals surface area contributed by atoms with Gasteiger partial charge < -0.3 is 10.1 Å². The van der Waals surface area contributed by atoms with Gasteiger partial charge >= 0.3 is 5.97 Å². The molecule has 40 heavy (non-hydrogen) atoms. The van der Waals surface area contributed by atoms with E-state index in [0.29, 0.717) is 37.4 Å². The molecule has 12 heteroatoms. The first-order valence-electron chi connectivity index (χ1n) is 12.9. The molecule has 3 aromatic carbocycles. The van der Waals surface area contributed by atoms with Crippen LogP contribution < -0.4 is 9.62 Å². The predicted octanol–water partition coefficient (Wildman–Crippen LogP) is 3.41. The zero-order valence-corrected chi connectivity index (χ0v) is 23.3. The first kappa shape index (κ1) is 27.8. The molecule has 1 saturated heterocycles. The van der Waals surface area contributed by atoms with E-state index < -0.39 is 38.5 Å². The van der Waals surface area contributed by atoms with Crippen LogP contribution in [0.2, 0.25) is 0 Å². The van der Waals surface area contributed by atoms with Crippen LogP contribution in [0.3, 0.4) is 0 Å². The number of ether oxygens (including phenoxy) is 1. The summed E-state index contributed by atoms with van der Waals surface area (Å²) in [4.78, 5) is 25.1. The maximum absolute atomic E-state index is 13.3. The molecule has 0 unspecified atom stereocenters. The lowest BCUT2D eigenvalue weighted by molar-refractivity contribution is -0.119. The number of nitrogens with one attached hydrogen (secondary N) is 1. The summed E-state index contributed by atoms with van der Waals surface area (Å²) in [6.45, 7) is 0.686. The van der Waals surface area contributed by atoms with Crippen LogP contribution in [0, 0.1) is 0 Å². The normalized spacial score (nSPS) is 15.8. The summed E-state index contributed by atoms with van der Waals surface area (Å²) in [5.74, 6) is -1.48. The Bertz CT molecular complexity index is 1630. The number of nitrogens with zero attached hydrogens (tertiary/aromatic N) is 2. The number of esters is 1. The van der Waals surface area contributed by atoms with Crippen LogP contribution in [0.15, 0.2) is 82.6 Å². The SMILES string of the molecule is O=C(COC(=O)c1cccc(S(=O)(=O)N2CCc3ccccc32)c1)Nc1ccc(S(=O)(=O)N2CCCCC2)cc1. The van der Waals surface area contributed by atoms with Gasteiger partial charge in [-0.2, -0.15) is 4.31 Å². The van der Waals surface area contributed by atoms with Crippen molar-refractivity contribution in [2.45, 2.75) is 35.5 Å². The topological polar surface area (TPSA) is 130 Å². The van der Waals surface area contributed by atoms with E-state index in [1.54, 1.807) is 12.1 Å². The van der Waals surface area contributed by atoms with Crippen molar-refractivity contribution in [1.82, 2.24) is 4.31 Å². The van der Waals surface area contributed by atoms with Crippen molar-refractivity contribution in [3.05, 3.63) is 83.9 Å². The summed E-state index contributed by atoms with van der Waals surface area (Å²) < 4.78 is 60.0. The minimum Gasteiger partial charge on any atom is -0.452 e. The molecule has 0 atom stereocenters. The number of sulfonamides is 2. The Kier molecular flexibility index (Phi) is 7.92. The molecule has 2 aliphatic heterocycles. The van der Waals surface area contributed by atoms with Crippen molar-refractivity contribution < 1.29 is 31.2 Å². The van der Waals surface area contributed by atoms with Crippen LogP contribution in [0.25, 0.3) is 0 Å². The van der Waals surface area contributed by atoms with E-state index in [9.17, 15) is 26.4 Å². The minimum atomic E-state index is -3.90. The fourth-order valence-electron chi connectivity index (χ4n) is 4.84. The van der Waals surface area contributed by atoms with Gasteiger partial charge in [0, 0.05) is 25.3 Å². The van der Waals surface area contributed by atoms with E-state index in [0.717, 1.165) is 24.8 Å². The summed E-state index contributed by atoms with van der Waals surface area (Å²) in [6.07, 6.45) is 3.28. The van der Waals surface area contributed by atoms with Gasteiger partial charge in [-0.3, -0.25) is 9.10 Å². The average Bonchev–Trinajstić information content (AvgIpc) is 3.42. The van der Waals surface area contributed by atoms with Crippen molar-refractivity contribution >= 4 is 43.3 Å². The second kappa shape index (κ2) is 11.4. The second-order valence-electron chi connectivity index (χ2n) is 9.60. The fourth-order valence-corrected chi connectivity index (χ4v) is 7.91. The van der Waals surface area contributed by atoms with Crippen LogP contribution in [0.1, 0.15) is 35.2 Å². The van der Waals surface area contributed by atoms with Gasteiger partial charge in [-0.15, -0.1) is 0 Å². The lowest BCUT2D eigenvalue weighted by Crippen LogP contribution is -2.35. The van der Waals surface area contributed by atoms with Crippen molar-refractivity contribution in [2.75, 3.05) is 35.9 Å². The number of benzene rings is 3. The summed E-state index contributed by atoms with van der Waals surface area (Å²) in [5.41, 5.74) is 1.89. The molecule has 2 aliphatic rings. The van der Waals surface area contributed by atoms with E-state index >= 15 is 0 Å². The molecule has 0 aliphatic carbocycles. The Hall–Kier alpha value is -3.74. The molecule has 10 nitrogen and oxygen atoms in total. The van der Waals surface area contributed by atoms with Gasteiger partial charge in [0.05, 0.1) is 21.0 Å². The summed E-state index contributed by atoms with van der Waals surface area (Å²) >= 11 is 0. The Morgan fingerprint density at radius 1 is 0.775 bits per heavy atom. The summed E-state index contributed by atoms with van der Waals surface area (Å²) in [7, 11) is -7.49. The Balaban J connectivity index is 1.19. The second-order valence-corrected chi connectivity index (χ2v) is 13.4. The monoisotopic (exact) mass is 583 g/mol. The van der Waals surface area contributed by atoms with E-state index in [1.807, 2.05) is 12.1 Å². The average molecular weight is 584 g/mol. The third-order valence-corrected chi connectivity index (χ3v) is 10.6. The van der Waals surface area contributed by atoms with Crippen molar-refractivity contribution in [2.24, 2.45) is 0 Å². The molecule has 0 saturated carbocycles. The van der Waals surface area contributed by atoms with Gasteiger partial charge in [-0.1, -0.05) is 30.7 Å². The van der Waals surface area contributed by atoms with Gasteiger partial charge in [0.2, 0.25) is 10.0 Å². The Labute approximate surface area is 233 Å². The maximum Gasteiger partial charge on any atom is 0.338 e. The molecule has 1 fully saturated rings. The molecule has 2 heterocycles. The highest BCUT2D eigenvalue weighted by Crippen LogP contribution is 2.33. The highest BCUT2D eigenvalue weighted by molar-refractivity contribution is 7.92. The number of rotatable bonds is 8. The van der Waals surface area contributed by atoms with Gasteiger partial charge in [0.1, 0.15) is 0 Å². The van der Waals surface area contributed by atoms with Crippen LogP contribution in [-0.2, 0) is 36.0 Å². The predicted molar refractivity (Wildman–Crippen MR) is 149 cm³/mol. The number of piperidine rings is 1. The number of fused-ring (bicyclic) bond motifs is 1. The maximum atomic E-state index is 13.3. The minimum absolute atomic E-state index is 0.00590. The molecular formula is C28H29N3O7S2. The zero-order valence-electron chi connectivity index (χ0n) is 21.7. The van der Waals surface area contributed by atoms with Crippen molar-refractivity contribution in [3.63, 3.8) is 0 Å². The molecule has 5 rings (SSSR count). The Morgan fingerprint density at radius 3 is 2.25 bits per heavy atom. The first-order valence-corrected chi connectivity index (χ1v) is 15.8. The quantitative estimate of drug-likeness (QED) is 0.402. The summed E-state index contributed by atoms with van der Waals surface area (Å²) in [6, 6.07) is 18.6. The number of hydrogen-bond donors (Lipinski definition) is 1. The third kappa shape index (κ3) is 5.74. The fraction of sp³-hybridized carbons (Fsp3) is 0.286. The van der Waals surface area contributed by atoms with Gasteiger partial charge in [0.15, 0.2) is 6.61 Å². The van der Waals surface area contributed by atoms with Gasteiger partial charge in [-0.05, 0) is 73.4 Å². The molecule has 210 valence electrons. The molecule has 0 spiro atoms. The lowest BCUT2D eigenvalue weighted by Gasteiger charge is -2.25. The number of para-hydroxylation sites is 1. The molecule has 3 aromatic rings. The molecule has 0 radical (unpaired) electrons. The van der Waals surface area contributed by atoms with Crippen LogP contribution in [0.4, 0.5) is 11.4 Å². The smallest absolute Gasteiger partial charge is 0.338 e. The highest BCUT2D eigenvalue weighted by atomic mass is 32.2. The largest absolute Gasteiger partial charge is 0.452 e. The van der Waals surface area contributed by atoms with E-state index in [1.165, 1.54) is 57.1 Å². The van der Waals surface area contributed by atoms with E-state index in [2.05, 4.69) is 5.32 Å². The summed E-state index contributed by atoms with van der Waals surface area (Å²) in [5, 5.41) is 2.56. The standard InChI is InChI=1S/C28H29N3O7S2/c32-27(29-23-11-13-24(14-12-23)39(34,35)30-16-4-1-5-17-30)20-38-28(33)22-8-6-9-25(19-22)40(36,37)31-18-15-21-7-2-3-10-26(21)31/h2-3,6-14,19H,1,4-5,15-18,20H2,(H,29,32). The number of amides is 1. The lowest BCUT2D eigenvalue weighted by atomic mass is 10.2. The van der Waals surface area contributed by atoms with Crippen molar-refractivity contribution in [1.29, 1.82) is 0 Å². The first-order chi connectivity index (χ1) is 19.2. The number of anilines is 2. The van der Waals surface area contributed by atoms with E-state index in [4.69, 9.17) is 4.74 Å². The number of carbonyl (C=O) groups is 2. The number of carbonyl (C=O) groups excluding carboxylic acids is 2. The molecular weight excluding hydrogens is 554 g/mol. The van der Waals surface area contributed by atoms with Crippen LogP contribution in [0.5, 0.6) is 0 Å². The number of hydrogen-bond acceptors (Lipinski definition) is 7. The zero-order chi connectivity index (χ0) is 28.3. The molecule has 0 bridgehead atoms. The third-order valence-electron chi connectivity index (χ3n) is 6.93. The Morgan fingerprint density at radius 2 is 1.50 bits per heavy atom.